The Balaban J connectivity index is 1.59. The molecule has 1 N–H and O–H groups in total. The van der Waals surface area contributed by atoms with Gasteiger partial charge in [0.2, 0.25) is 11.8 Å². The fourth-order valence-corrected chi connectivity index (χ4v) is 5.90. The minimum Gasteiger partial charge on any atom is -0.352 e. The number of amides is 3. The zero-order valence-corrected chi connectivity index (χ0v) is 19.6. The highest BCUT2D eigenvalue weighted by molar-refractivity contribution is 7.90. The maximum Gasteiger partial charge on any atom is 0.269 e. The number of nitrogens with zero attached hydrogens (tertiary/aromatic N) is 2. The molecule has 0 aromatic heterocycles. The third-order valence-electron chi connectivity index (χ3n) is 6.36. The van der Waals surface area contributed by atoms with E-state index in [1.807, 2.05) is 0 Å². The fraction of sp³-hybridized carbons (Fsp3) is 0.375. The Morgan fingerprint density at radius 1 is 1.12 bits per heavy atom. The number of benzene rings is 2. The number of nitrogens with one attached hydrogen (secondary N) is 1. The van der Waals surface area contributed by atoms with Crippen molar-refractivity contribution >= 4 is 27.7 Å². The lowest BCUT2D eigenvalue weighted by Crippen LogP contribution is -2.52. The first-order chi connectivity index (χ1) is 16.2. The molecule has 180 valence electrons. The molecule has 34 heavy (non-hydrogen) atoms. The first kappa shape index (κ1) is 23.9. The van der Waals surface area contributed by atoms with Crippen LogP contribution in [0.15, 0.2) is 53.4 Å². The molecule has 1 aliphatic carbocycles. The Hall–Kier alpha value is -3.27. The highest BCUT2D eigenvalue weighted by Gasteiger charge is 2.43. The van der Waals surface area contributed by atoms with E-state index in [2.05, 4.69) is 5.32 Å². The summed E-state index contributed by atoms with van der Waals surface area (Å²) < 4.78 is 40.7. The van der Waals surface area contributed by atoms with E-state index in [0.717, 1.165) is 30.6 Å². The first-order valence-electron chi connectivity index (χ1n) is 11.2. The molecular formula is C24H26FN3O5S. The van der Waals surface area contributed by atoms with Crippen LogP contribution in [0.3, 0.4) is 0 Å². The molecular weight excluding hydrogens is 461 g/mol. The van der Waals surface area contributed by atoms with Gasteiger partial charge in [0.1, 0.15) is 23.3 Å². The van der Waals surface area contributed by atoms with Crippen LogP contribution in [-0.4, -0.2) is 54.0 Å². The van der Waals surface area contributed by atoms with E-state index >= 15 is 0 Å². The third-order valence-corrected chi connectivity index (χ3v) is 8.15. The molecule has 0 bridgehead atoms. The van der Waals surface area contributed by atoms with Gasteiger partial charge >= 0.3 is 0 Å². The Morgan fingerprint density at radius 2 is 1.76 bits per heavy atom. The molecule has 1 heterocycles. The Bertz CT molecular complexity index is 1230. The summed E-state index contributed by atoms with van der Waals surface area (Å²) in [6, 6.07) is 10.6. The smallest absolute Gasteiger partial charge is 0.269 e. The van der Waals surface area contributed by atoms with Crippen LogP contribution in [0.25, 0.3) is 0 Å². The monoisotopic (exact) mass is 487 g/mol. The number of fused-ring (bicyclic) bond motifs is 1. The van der Waals surface area contributed by atoms with E-state index < -0.39 is 46.1 Å². The molecule has 2 aromatic rings. The van der Waals surface area contributed by atoms with Crippen molar-refractivity contribution in [3.05, 3.63) is 65.5 Å². The second kappa shape index (κ2) is 9.54. The van der Waals surface area contributed by atoms with Crippen molar-refractivity contribution in [3.8, 4) is 0 Å². The summed E-state index contributed by atoms with van der Waals surface area (Å²) in [6.07, 6.45) is 3.70. The van der Waals surface area contributed by atoms with Crippen molar-refractivity contribution in [1.29, 1.82) is 0 Å². The molecule has 0 radical (unpaired) electrons. The van der Waals surface area contributed by atoms with E-state index in [1.54, 1.807) is 6.07 Å². The predicted molar refractivity (Wildman–Crippen MR) is 121 cm³/mol. The van der Waals surface area contributed by atoms with Gasteiger partial charge in [-0.3, -0.25) is 14.4 Å². The number of halogens is 1. The zero-order valence-electron chi connectivity index (χ0n) is 18.7. The molecule has 2 aromatic carbocycles. The minimum atomic E-state index is -4.21. The topological polar surface area (TPSA) is 104 Å². The molecule has 1 saturated carbocycles. The molecule has 4 rings (SSSR count). The molecule has 1 fully saturated rings. The molecule has 10 heteroatoms. The van der Waals surface area contributed by atoms with Crippen LogP contribution >= 0.6 is 0 Å². The molecule has 1 aliphatic heterocycles. The van der Waals surface area contributed by atoms with Crippen molar-refractivity contribution in [1.82, 2.24) is 14.5 Å². The highest BCUT2D eigenvalue weighted by Crippen LogP contribution is 2.30. The average Bonchev–Trinajstić information content (AvgIpc) is 3.39. The van der Waals surface area contributed by atoms with Gasteiger partial charge < -0.3 is 10.2 Å². The van der Waals surface area contributed by atoms with Crippen LogP contribution in [-0.2, 0) is 26.2 Å². The lowest BCUT2D eigenvalue weighted by Gasteiger charge is -2.31. The second-order valence-corrected chi connectivity index (χ2v) is 10.4. The van der Waals surface area contributed by atoms with Gasteiger partial charge in [0.25, 0.3) is 15.9 Å². The van der Waals surface area contributed by atoms with Gasteiger partial charge in [0.15, 0.2) is 0 Å². The maximum atomic E-state index is 14.4. The molecule has 0 unspecified atom stereocenters. The summed E-state index contributed by atoms with van der Waals surface area (Å²) in [5, 5.41) is 2.92. The van der Waals surface area contributed by atoms with Crippen molar-refractivity contribution in [2.24, 2.45) is 0 Å². The Labute approximate surface area is 197 Å². The summed E-state index contributed by atoms with van der Waals surface area (Å²) in [4.78, 5) is 40.0. The van der Waals surface area contributed by atoms with E-state index in [4.69, 9.17) is 0 Å². The van der Waals surface area contributed by atoms with Gasteiger partial charge in [0.05, 0.1) is 5.56 Å². The fourth-order valence-electron chi connectivity index (χ4n) is 4.39. The molecule has 8 nitrogen and oxygen atoms in total. The van der Waals surface area contributed by atoms with Crippen LogP contribution in [0.1, 0.15) is 48.5 Å². The van der Waals surface area contributed by atoms with Crippen LogP contribution in [0, 0.1) is 5.82 Å². The van der Waals surface area contributed by atoms with E-state index in [1.165, 1.54) is 49.4 Å². The standard InChI is InChI=1S/C24H26FN3O5S/c1-16(23(30)26-18-9-3-4-10-18)27(14-17-8-2-6-12-20(17)25)22(29)15-28-24(31)19-11-5-7-13-21(19)34(28,32)33/h2,5-8,11-13,16,18H,3-4,9-10,14-15H2,1H3,(H,26,30)/t16-/m0/s1. The van der Waals surface area contributed by atoms with Gasteiger partial charge in [-0.2, -0.15) is 0 Å². The largest absolute Gasteiger partial charge is 0.352 e. The molecule has 2 aliphatic rings. The summed E-state index contributed by atoms with van der Waals surface area (Å²) in [6.45, 7) is 0.475. The molecule has 3 amide bonds. The highest BCUT2D eigenvalue weighted by atomic mass is 32.2. The Morgan fingerprint density at radius 3 is 2.44 bits per heavy atom. The summed E-state index contributed by atoms with van der Waals surface area (Å²) in [5.41, 5.74) is 0.165. The quantitative estimate of drug-likeness (QED) is 0.646. The van der Waals surface area contributed by atoms with Gasteiger partial charge in [-0.05, 0) is 38.0 Å². The number of rotatable bonds is 7. The summed E-state index contributed by atoms with van der Waals surface area (Å²) >= 11 is 0. The lowest BCUT2D eigenvalue weighted by atomic mass is 10.1. The van der Waals surface area contributed by atoms with Gasteiger partial charge in [-0.15, -0.1) is 0 Å². The maximum absolute atomic E-state index is 14.4. The third kappa shape index (κ3) is 4.54. The van der Waals surface area contributed by atoms with E-state index in [0.29, 0.717) is 4.31 Å². The minimum absolute atomic E-state index is 0.00963. The van der Waals surface area contributed by atoms with Crippen molar-refractivity contribution in [2.75, 3.05) is 6.54 Å². The van der Waals surface area contributed by atoms with Crippen LogP contribution < -0.4 is 5.32 Å². The predicted octanol–water partition coefficient (Wildman–Crippen LogP) is 2.45. The first-order valence-corrected chi connectivity index (χ1v) is 12.6. The van der Waals surface area contributed by atoms with Crippen LogP contribution in [0.5, 0.6) is 0 Å². The molecule has 0 saturated heterocycles. The number of carbonyl (C=O) groups is 3. The molecule has 0 spiro atoms. The normalized spacial score (nSPS) is 17.9. The van der Waals surface area contributed by atoms with Crippen LogP contribution in [0.4, 0.5) is 4.39 Å². The van der Waals surface area contributed by atoms with E-state index in [-0.39, 0.29) is 28.6 Å². The SMILES string of the molecule is C[C@@H](C(=O)NC1CCCC1)N(Cc1ccccc1F)C(=O)CN1C(=O)c2ccccc2S1(=O)=O. The number of carbonyl (C=O) groups excluding carboxylic acids is 3. The van der Waals surface area contributed by atoms with E-state index in [9.17, 15) is 27.2 Å². The van der Waals surface area contributed by atoms with Crippen LogP contribution in [0.2, 0.25) is 0 Å². The molecule has 1 atom stereocenters. The van der Waals surface area contributed by atoms with Crippen molar-refractivity contribution in [3.63, 3.8) is 0 Å². The number of hydrogen-bond acceptors (Lipinski definition) is 5. The number of hydrogen-bond donors (Lipinski definition) is 1. The average molecular weight is 488 g/mol. The van der Waals surface area contributed by atoms with Crippen molar-refractivity contribution in [2.45, 2.75) is 56.1 Å². The van der Waals surface area contributed by atoms with Gasteiger partial charge in [-0.25, -0.2) is 17.1 Å². The zero-order chi connectivity index (χ0) is 24.5. The lowest BCUT2D eigenvalue weighted by molar-refractivity contribution is -0.140. The summed E-state index contributed by atoms with van der Waals surface area (Å²) in [7, 11) is -4.21. The van der Waals surface area contributed by atoms with Gasteiger partial charge in [-0.1, -0.05) is 43.2 Å². The number of sulfonamides is 1. The van der Waals surface area contributed by atoms with Gasteiger partial charge in [0, 0.05) is 18.2 Å². The van der Waals surface area contributed by atoms with Crippen molar-refractivity contribution < 1.29 is 27.2 Å². The summed E-state index contributed by atoms with van der Waals surface area (Å²) in [5.74, 6) is -2.55. The second-order valence-electron chi connectivity index (χ2n) is 8.59. The Kier molecular flexibility index (Phi) is 6.70.